The summed E-state index contributed by atoms with van der Waals surface area (Å²) in [5.41, 5.74) is 0.514. The van der Waals surface area contributed by atoms with Crippen molar-refractivity contribution in [3.63, 3.8) is 0 Å². The first kappa shape index (κ1) is 31.0. The molecule has 0 aliphatic rings. The van der Waals surface area contributed by atoms with Crippen molar-refractivity contribution in [3.8, 4) is 5.75 Å². The van der Waals surface area contributed by atoms with E-state index in [1.54, 1.807) is 36.4 Å². The molecule has 4 aromatic carbocycles. The molecule has 1 N–H and O–H groups in total. The van der Waals surface area contributed by atoms with Crippen LogP contribution in [0.3, 0.4) is 0 Å². The van der Waals surface area contributed by atoms with Crippen LogP contribution in [0.1, 0.15) is 45.0 Å². The Labute approximate surface area is 244 Å². The molecule has 0 unspecified atom stereocenters. The molecule has 0 spiro atoms. The normalized spacial score (nSPS) is 11.7. The Morgan fingerprint density at radius 3 is 2.10 bits per heavy atom. The van der Waals surface area contributed by atoms with E-state index in [4.69, 9.17) is 16.3 Å². The van der Waals surface area contributed by atoms with Gasteiger partial charge in [-0.2, -0.15) is 13.2 Å². The minimum atomic E-state index is -4.64. The average molecular weight is 604 g/mol. The zero-order valence-electron chi connectivity index (χ0n) is 22.3. The van der Waals surface area contributed by atoms with Crippen molar-refractivity contribution < 1.29 is 36.6 Å². The number of rotatable bonds is 12. The molecular weight excluding hydrogens is 577 g/mol. The molecule has 220 valence electrons. The van der Waals surface area contributed by atoms with Crippen molar-refractivity contribution in [1.29, 1.82) is 0 Å². The summed E-state index contributed by atoms with van der Waals surface area (Å²) < 4.78 is 74.9. The van der Waals surface area contributed by atoms with E-state index >= 15 is 0 Å². The summed E-state index contributed by atoms with van der Waals surface area (Å²) in [5.74, 6) is -2.20. The van der Waals surface area contributed by atoms with Gasteiger partial charge in [-0.1, -0.05) is 54.1 Å². The molecule has 0 radical (unpaired) electrons. The van der Waals surface area contributed by atoms with Gasteiger partial charge in [0.15, 0.2) is 0 Å². The van der Waals surface area contributed by atoms with Crippen molar-refractivity contribution in [1.82, 2.24) is 4.90 Å². The van der Waals surface area contributed by atoms with Gasteiger partial charge in [0.25, 0.3) is 0 Å². The van der Waals surface area contributed by atoms with E-state index in [-0.39, 0.29) is 30.8 Å². The van der Waals surface area contributed by atoms with Crippen LogP contribution in [0.4, 0.5) is 22.0 Å². The average Bonchev–Trinajstić information content (AvgIpc) is 2.94. The summed E-state index contributed by atoms with van der Waals surface area (Å²) in [6, 6.07) is 21.5. The lowest BCUT2D eigenvalue weighted by Crippen LogP contribution is -2.31. The summed E-state index contributed by atoms with van der Waals surface area (Å²) >= 11 is 6.21. The second kappa shape index (κ2) is 13.8. The Balaban J connectivity index is 1.60. The molecule has 0 aromatic heterocycles. The predicted octanol–water partition coefficient (Wildman–Crippen LogP) is 8.44. The third-order valence-corrected chi connectivity index (χ3v) is 7.14. The molecule has 0 atom stereocenters. The number of hydrogen-bond acceptors (Lipinski definition) is 3. The van der Waals surface area contributed by atoms with Crippen LogP contribution in [-0.4, -0.2) is 35.7 Å². The summed E-state index contributed by atoms with van der Waals surface area (Å²) in [5, 5.41) is 8.79. The number of aromatic carboxylic acids is 1. The molecule has 0 fully saturated rings. The first-order valence-corrected chi connectivity index (χ1v) is 13.4. The van der Waals surface area contributed by atoms with Gasteiger partial charge in [0, 0.05) is 25.6 Å². The Morgan fingerprint density at radius 1 is 0.881 bits per heavy atom. The second-order valence-corrected chi connectivity index (χ2v) is 10.1. The van der Waals surface area contributed by atoms with Crippen molar-refractivity contribution in [2.45, 2.75) is 25.1 Å². The topological polar surface area (TPSA) is 49.8 Å². The maximum Gasteiger partial charge on any atom is 0.417 e. The van der Waals surface area contributed by atoms with Crippen LogP contribution in [0, 0.1) is 11.6 Å². The van der Waals surface area contributed by atoms with Gasteiger partial charge in [-0.05, 0) is 71.6 Å². The van der Waals surface area contributed by atoms with Gasteiger partial charge in [-0.3, -0.25) is 4.90 Å². The van der Waals surface area contributed by atoms with Crippen molar-refractivity contribution in [2.24, 2.45) is 0 Å². The largest absolute Gasteiger partial charge is 0.494 e. The van der Waals surface area contributed by atoms with Crippen LogP contribution < -0.4 is 4.74 Å². The minimum absolute atomic E-state index is 0.0262. The molecule has 0 saturated carbocycles. The lowest BCUT2D eigenvalue weighted by Gasteiger charge is -2.29. The highest BCUT2D eigenvalue weighted by atomic mass is 35.5. The molecule has 0 aliphatic carbocycles. The zero-order chi connectivity index (χ0) is 30.3. The lowest BCUT2D eigenvalue weighted by atomic mass is 9.90. The first-order valence-electron chi connectivity index (χ1n) is 13.1. The molecule has 0 heterocycles. The van der Waals surface area contributed by atoms with Gasteiger partial charge in [-0.25, -0.2) is 13.6 Å². The van der Waals surface area contributed by atoms with Crippen molar-refractivity contribution in [2.75, 3.05) is 19.7 Å². The quantitative estimate of drug-likeness (QED) is 0.130. The van der Waals surface area contributed by atoms with Crippen LogP contribution in [0.15, 0.2) is 91.0 Å². The fourth-order valence-electron chi connectivity index (χ4n) is 4.70. The molecule has 42 heavy (non-hydrogen) atoms. The molecule has 0 saturated heterocycles. The monoisotopic (exact) mass is 603 g/mol. The smallest absolute Gasteiger partial charge is 0.417 e. The molecule has 0 bridgehead atoms. The fraction of sp³-hybridized carbons (Fsp3) is 0.219. The second-order valence-electron chi connectivity index (χ2n) is 9.71. The van der Waals surface area contributed by atoms with Gasteiger partial charge in [-0.15, -0.1) is 0 Å². The number of alkyl halides is 3. The number of carboxylic acid groups (broad SMARTS) is 1. The molecular formula is C32H27ClF5NO3. The SMILES string of the molecule is O=C(O)c1cccc(OCCCN(Cc2cccc(C(F)(F)F)c2Cl)CC(c2cccc(F)c2)c2cccc(F)c2)c1. The molecule has 4 aromatic rings. The molecule has 0 aliphatic heterocycles. The number of nitrogens with zero attached hydrogens (tertiary/aromatic N) is 1. The van der Waals surface area contributed by atoms with Gasteiger partial charge < -0.3 is 9.84 Å². The molecule has 4 rings (SSSR count). The summed E-state index contributed by atoms with van der Waals surface area (Å²) in [7, 11) is 0. The van der Waals surface area contributed by atoms with Gasteiger partial charge in [0.2, 0.25) is 0 Å². The van der Waals surface area contributed by atoms with E-state index in [0.29, 0.717) is 29.8 Å². The lowest BCUT2D eigenvalue weighted by molar-refractivity contribution is -0.137. The Morgan fingerprint density at radius 2 is 1.50 bits per heavy atom. The third kappa shape index (κ3) is 8.30. The van der Waals surface area contributed by atoms with Crippen molar-refractivity contribution in [3.05, 3.63) is 135 Å². The van der Waals surface area contributed by atoms with Crippen LogP contribution in [0.2, 0.25) is 5.02 Å². The highest BCUT2D eigenvalue weighted by molar-refractivity contribution is 6.32. The summed E-state index contributed by atoms with van der Waals surface area (Å²) in [6.45, 7) is 0.735. The van der Waals surface area contributed by atoms with E-state index in [9.17, 15) is 31.9 Å². The Kier molecular flexibility index (Phi) is 10.2. The van der Waals surface area contributed by atoms with Crippen LogP contribution in [0.25, 0.3) is 0 Å². The Bertz CT molecular complexity index is 1480. The highest BCUT2D eigenvalue weighted by Gasteiger charge is 2.34. The van der Waals surface area contributed by atoms with E-state index in [1.165, 1.54) is 48.5 Å². The summed E-state index contributed by atoms with van der Waals surface area (Å²) in [4.78, 5) is 13.1. The molecule has 4 nitrogen and oxygen atoms in total. The number of ether oxygens (including phenoxy) is 1. The van der Waals surface area contributed by atoms with Gasteiger partial charge in [0.05, 0.1) is 22.8 Å². The fourth-order valence-corrected chi connectivity index (χ4v) is 4.99. The number of halogens is 6. The van der Waals surface area contributed by atoms with E-state index in [1.807, 2.05) is 4.90 Å². The maximum absolute atomic E-state index is 14.2. The standard InChI is InChI=1S/C32H27ClF5NO3/c33-30-24(9-4-13-29(30)32(36,37)38)19-39(14-5-15-42-27-12-3-8-23(18-27)31(40)41)20-28(21-6-1-10-25(34)16-21)22-7-2-11-26(35)17-22/h1-4,6-13,16-18,28H,5,14-15,19-20H2,(H,40,41). The van der Waals surface area contributed by atoms with E-state index in [2.05, 4.69) is 0 Å². The predicted molar refractivity (Wildman–Crippen MR) is 150 cm³/mol. The Hall–Kier alpha value is -3.95. The van der Waals surface area contributed by atoms with Crippen LogP contribution in [0.5, 0.6) is 5.75 Å². The molecule has 10 heteroatoms. The molecule has 0 amide bonds. The first-order chi connectivity index (χ1) is 20.0. The number of hydrogen-bond donors (Lipinski definition) is 1. The van der Waals surface area contributed by atoms with Crippen LogP contribution in [-0.2, 0) is 12.7 Å². The van der Waals surface area contributed by atoms with Gasteiger partial charge in [0.1, 0.15) is 17.4 Å². The highest BCUT2D eigenvalue weighted by Crippen LogP contribution is 2.37. The number of benzene rings is 4. The van der Waals surface area contributed by atoms with E-state index in [0.717, 1.165) is 6.07 Å². The number of carbonyl (C=O) groups is 1. The third-order valence-electron chi connectivity index (χ3n) is 6.69. The maximum atomic E-state index is 14.2. The minimum Gasteiger partial charge on any atom is -0.494 e. The van der Waals surface area contributed by atoms with Gasteiger partial charge >= 0.3 is 12.1 Å². The summed E-state index contributed by atoms with van der Waals surface area (Å²) in [6.07, 6.45) is -4.23. The van der Waals surface area contributed by atoms with Crippen molar-refractivity contribution >= 4 is 17.6 Å². The van der Waals surface area contributed by atoms with Crippen LogP contribution >= 0.6 is 11.6 Å². The van der Waals surface area contributed by atoms with E-state index < -0.39 is 40.3 Å². The number of carboxylic acids is 1. The zero-order valence-corrected chi connectivity index (χ0v) is 23.0.